The Morgan fingerprint density at radius 1 is 1.45 bits per heavy atom. The molecule has 0 spiro atoms. The number of hydrogen-bond acceptors (Lipinski definition) is 3. The van der Waals surface area contributed by atoms with Crippen LogP contribution in [0.15, 0.2) is 18.2 Å². The van der Waals surface area contributed by atoms with Crippen molar-refractivity contribution < 1.29 is 13.9 Å². The van der Waals surface area contributed by atoms with E-state index in [2.05, 4.69) is 5.32 Å². The van der Waals surface area contributed by atoms with Gasteiger partial charge in [0, 0.05) is 12.6 Å². The van der Waals surface area contributed by atoms with Crippen molar-refractivity contribution in [1.82, 2.24) is 5.32 Å². The molecule has 0 aromatic heterocycles. The maximum atomic E-state index is 13.8. The summed E-state index contributed by atoms with van der Waals surface area (Å²) >= 11 is 0. The Balaban J connectivity index is 2.61. The summed E-state index contributed by atoms with van der Waals surface area (Å²) in [5.74, 6) is -0.685. The molecule has 1 aromatic carbocycles. The number of rotatable bonds is 7. The molecule has 0 fully saturated rings. The van der Waals surface area contributed by atoms with Crippen LogP contribution >= 0.6 is 0 Å². The highest BCUT2D eigenvalue weighted by molar-refractivity contribution is 5.80. The molecule has 5 heteroatoms. The van der Waals surface area contributed by atoms with Gasteiger partial charge in [0.15, 0.2) is 17.7 Å². The molecule has 112 valence electrons. The van der Waals surface area contributed by atoms with Crippen LogP contribution in [0.2, 0.25) is 0 Å². The van der Waals surface area contributed by atoms with Gasteiger partial charge >= 0.3 is 0 Å². The van der Waals surface area contributed by atoms with Gasteiger partial charge in [-0.15, -0.1) is 0 Å². The van der Waals surface area contributed by atoms with E-state index in [-0.39, 0.29) is 17.7 Å². The van der Waals surface area contributed by atoms with Gasteiger partial charge in [-0.3, -0.25) is 4.79 Å². The third kappa shape index (κ3) is 4.81. The number of carbonyl (C=O) groups is 1. The maximum absolute atomic E-state index is 13.8. The van der Waals surface area contributed by atoms with Gasteiger partial charge in [0.25, 0.3) is 5.91 Å². The van der Waals surface area contributed by atoms with E-state index in [9.17, 15) is 9.18 Å². The van der Waals surface area contributed by atoms with E-state index in [1.807, 2.05) is 6.92 Å². The SMILES string of the molecule is CCCCNC(=O)C(C)Oc1ccc([C@H](C)N)cc1F. The number of benzene rings is 1. The Kier molecular flexibility index (Phi) is 6.45. The molecular formula is C15H23FN2O2. The summed E-state index contributed by atoms with van der Waals surface area (Å²) in [4.78, 5) is 11.7. The highest BCUT2D eigenvalue weighted by atomic mass is 19.1. The van der Waals surface area contributed by atoms with Crippen LogP contribution in [-0.4, -0.2) is 18.6 Å². The van der Waals surface area contributed by atoms with E-state index in [1.165, 1.54) is 12.1 Å². The van der Waals surface area contributed by atoms with Crippen LogP contribution in [0.25, 0.3) is 0 Å². The van der Waals surface area contributed by atoms with E-state index in [0.717, 1.165) is 12.8 Å². The number of carbonyl (C=O) groups excluding carboxylic acids is 1. The predicted molar refractivity (Wildman–Crippen MR) is 77.0 cm³/mol. The van der Waals surface area contributed by atoms with Crippen LogP contribution in [0.4, 0.5) is 4.39 Å². The van der Waals surface area contributed by atoms with Gasteiger partial charge in [-0.05, 0) is 38.0 Å². The summed E-state index contributed by atoms with van der Waals surface area (Å²) in [6, 6.07) is 4.30. The standard InChI is InChI=1S/C15H23FN2O2/c1-4-5-8-18-15(19)11(3)20-14-7-6-12(10(2)17)9-13(14)16/h6-7,9-11H,4-5,8,17H2,1-3H3,(H,18,19)/t10-,11?/m0/s1. The van der Waals surface area contributed by atoms with E-state index < -0.39 is 11.9 Å². The molecule has 0 radical (unpaired) electrons. The first kappa shape index (κ1) is 16.4. The lowest BCUT2D eigenvalue weighted by Crippen LogP contribution is -2.36. The number of amides is 1. The zero-order chi connectivity index (χ0) is 15.1. The normalized spacial score (nSPS) is 13.7. The van der Waals surface area contributed by atoms with E-state index in [0.29, 0.717) is 12.1 Å². The third-order valence-corrected chi connectivity index (χ3v) is 2.98. The lowest BCUT2D eigenvalue weighted by Gasteiger charge is -2.16. The first-order valence-corrected chi connectivity index (χ1v) is 6.95. The molecule has 0 aliphatic carbocycles. The minimum atomic E-state index is -0.734. The summed E-state index contributed by atoms with van der Waals surface area (Å²) in [5, 5.41) is 2.75. The number of nitrogens with two attached hydrogens (primary N) is 1. The lowest BCUT2D eigenvalue weighted by molar-refractivity contribution is -0.127. The van der Waals surface area contributed by atoms with Gasteiger partial charge in [-0.1, -0.05) is 19.4 Å². The Morgan fingerprint density at radius 2 is 2.15 bits per heavy atom. The quantitative estimate of drug-likeness (QED) is 0.755. The first-order chi connectivity index (χ1) is 9.45. The molecule has 4 nitrogen and oxygen atoms in total. The molecule has 3 N–H and O–H groups in total. The Bertz CT molecular complexity index is 449. The van der Waals surface area contributed by atoms with Crippen molar-refractivity contribution in [3.63, 3.8) is 0 Å². The fraction of sp³-hybridized carbons (Fsp3) is 0.533. The zero-order valence-corrected chi connectivity index (χ0v) is 12.3. The van der Waals surface area contributed by atoms with Crippen LogP contribution in [0.1, 0.15) is 45.2 Å². The molecule has 20 heavy (non-hydrogen) atoms. The smallest absolute Gasteiger partial charge is 0.260 e. The minimum Gasteiger partial charge on any atom is -0.478 e. The second kappa shape index (κ2) is 7.85. The van der Waals surface area contributed by atoms with Crippen LogP contribution in [0.3, 0.4) is 0 Å². The first-order valence-electron chi connectivity index (χ1n) is 6.95. The van der Waals surface area contributed by atoms with Crippen LogP contribution in [-0.2, 0) is 4.79 Å². The van der Waals surface area contributed by atoms with E-state index in [1.54, 1.807) is 19.9 Å². The Labute approximate surface area is 119 Å². The van der Waals surface area contributed by atoms with Crippen molar-refractivity contribution in [3.8, 4) is 5.75 Å². The second-order valence-electron chi connectivity index (χ2n) is 4.88. The zero-order valence-electron chi connectivity index (χ0n) is 12.3. The van der Waals surface area contributed by atoms with Gasteiger partial charge in [0.1, 0.15) is 0 Å². The highest BCUT2D eigenvalue weighted by Crippen LogP contribution is 2.22. The summed E-state index contributed by atoms with van der Waals surface area (Å²) < 4.78 is 19.2. The van der Waals surface area contributed by atoms with Crippen molar-refractivity contribution in [2.24, 2.45) is 5.73 Å². The molecule has 0 aliphatic rings. The number of hydrogen-bond donors (Lipinski definition) is 2. The minimum absolute atomic E-state index is 0.0625. The van der Waals surface area contributed by atoms with E-state index >= 15 is 0 Å². The predicted octanol–water partition coefficient (Wildman–Crippen LogP) is 2.53. The van der Waals surface area contributed by atoms with Crippen molar-refractivity contribution in [1.29, 1.82) is 0 Å². The molecule has 0 saturated heterocycles. The number of unbranched alkanes of at least 4 members (excludes halogenated alkanes) is 1. The van der Waals surface area contributed by atoms with Crippen molar-refractivity contribution >= 4 is 5.91 Å². The molecule has 0 saturated carbocycles. The highest BCUT2D eigenvalue weighted by Gasteiger charge is 2.16. The van der Waals surface area contributed by atoms with Crippen LogP contribution in [0.5, 0.6) is 5.75 Å². The topological polar surface area (TPSA) is 64.3 Å². The van der Waals surface area contributed by atoms with Gasteiger partial charge in [-0.2, -0.15) is 0 Å². The lowest BCUT2D eigenvalue weighted by atomic mass is 10.1. The molecule has 1 rings (SSSR count). The average Bonchev–Trinajstić information content (AvgIpc) is 2.40. The van der Waals surface area contributed by atoms with Crippen molar-refractivity contribution in [3.05, 3.63) is 29.6 Å². The maximum Gasteiger partial charge on any atom is 0.260 e. The van der Waals surface area contributed by atoms with Gasteiger partial charge < -0.3 is 15.8 Å². The molecule has 0 heterocycles. The Hall–Kier alpha value is -1.62. The fourth-order valence-electron chi connectivity index (χ4n) is 1.67. The van der Waals surface area contributed by atoms with E-state index in [4.69, 9.17) is 10.5 Å². The van der Waals surface area contributed by atoms with Crippen LogP contribution in [0, 0.1) is 5.82 Å². The number of ether oxygens (including phenoxy) is 1. The largest absolute Gasteiger partial charge is 0.478 e. The molecule has 1 amide bonds. The summed E-state index contributed by atoms with van der Waals surface area (Å²) in [6.45, 7) is 6.02. The van der Waals surface area contributed by atoms with Crippen molar-refractivity contribution in [2.75, 3.05) is 6.54 Å². The average molecular weight is 282 g/mol. The van der Waals surface area contributed by atoms with Gasteiger partial charge in [-0.25, -0.2) is 4.39 Å². The molecule has 0 aliphatic heterocycles. The third-order valence-electron chi connectivity index (χ3n) is 2.98. The molecular weight excluding hydrogens is 259 g/mol. The summed E-state index contributed by atoms with van der Waals surface area (Å²) in [6.07, 6.45) is 1.18. The van der Waals surface area contributed by atoms with Gasteiger partial charge in [0.05, 0.1) is 0 Å². The summed E-state index contributed by atoms with van der Waals surface area (Å²) in [7, 11) is 0. The van der Waals surface area contributed by atoms with Crippen LogP contribution < -0.4 is 15.8 Å². The molecule has 1 unspecified atom stereocenters. The molecule has 2 atom stereocenters. The number of halogens is 1. The fourth-order valence-corrected chi connectivity index (χ4v) is 1.67. The monoisotopic (exact) mass is 282 g/mol. The number of nitrogens with one attached hydrogen (secondary N) is 1. The van der Waals surface area contributed by atoms with Gasteiger partial charge in [0.2, 0.25) is 0 Å². The molecule has 0 bridgehead atoms. The Morgan fingerprint density at radius 3 is 2.70 bits per heavy atom. The molecule has 1 aromatic rings. The van der Waals surface area contributed by atoms with Crippen molar-refractivity contribution in [2.45, 2.75) is 45.8 Å². The summed E-state index contributed by atoms with van der Waals surface area (Å²) in [5.41, 5.74) is 6.37. The second-order valence-corrected chi connectivity index (χ2v) is 4.88.